The number of anilines is 1. The van der Waals surface area contributed by atoms with Gasteiger partial charge in [-0.15, -0.1) is 0 Å². The monoisotopic (exact) mass is 266 g/mol. The van der Waals surface area contributed by atoms with Crippen LogP contribution >= 0.6 is 0 Å². The zero-order chi connectivity index (χ0) is 14.1. The largest absolute Gasteiger partial charge is 0.411 e. The lowest BCUT2D eigenvalue weighted by molar-refractivity contribution is -0.140. The summed E-state index contributed by atoms with van der Waals surface area (Å²) in [6.07, 6.45) is 1.95. The van der Waals surface area contributed by atoms with E-state index in [1.165, 1.54) is 25.1 Å². The Balaban J connectivity index is 2.76. The van der Waals surface area contributed by atoms with Crippen molar-refractivity contribution >= 4 is 29.8 Å². The van der Waals surface area contributed by atoms with Crippen molar-refractivity contribution in [2.45, 2.75) is 6.92 Å². The van der Waals surface area contributed by atoms with Crippen LogP contribution in [-0.2, 0) is 9.63 Å². The summed E-state index contributed by atoms with van der Waals surface area (Å²) in [4.78, 5) is 14.8. The van der Waals surface area contributed by atoms with Crippen LogP contribution in [0.1, 0.15) is 6.92 Å². The first kappa shape index (κ1) is 14.3. The number of oxime groups is 2. The number of rotatable bonds is 5. The van der Waals surface area contributed by atoms with E-state index in [0.29, 0.717) is 0 Å². The third-order valence-electron chi connectivity index (χ3n) is 1.74. The fourth-order valence-electron chi connectivity index (χ4n) is 0.981. The molecule has 0 amide bonds. The van der Waals surface area contributed by atoms with Crippen molar-refractivity contribution in [2.24, 2.45) is 15.4 Å². The van der Waals surface area contributed by atoms with Crippen LogP contribution in [-0.4, -0.2) is 29.3 Å². The normalized spacial score (nSPS) is 12.0. The molecule has 0 heterocycles. The summed E-state index contributed by atoms with van der Waals surface area (Å²) in [6, 6.07) is 5.87. The molecule has 100 valence electrons. The maximum absolute atomic E-state index is 13.3. The van der Waals surface area contributed by atoms with Crippen LogP contribution in [0, 0.1) is 5.82 Å². The molecule has 0 bridgehead atoms. The highest BCUT2D eigenvalue weighted by Gasteiger charge is 1.99. The minimum Gasteiger partial charge on any atom is -0.411 e. The standard InChI is InChI=1S/C11H11FN4O3/c1-8(17)19-14-7-9(6-13-18)15-16-11-5-3-2-4-10(11)12/h2-7,16,18H,1H3/b13-6-,14-7-,15-9-. The van der Waals surface area contributed by atoms with Crippen LogP contribution in [0.3, 0.4) is 0 Å². The average Bonchev–Trinajstić information content (AvgIpc) is 2.37. The molecule has 1 aromatic rings. The van der Waals surface area contributed by atoms with Crippen LogP contribution in [0.25, 0.3) is 0 Å². The smallest absolute Gasteiger partial charge is 0.331 e. The number of carbonyl (C=O) groups excluding carboxylic acids is 1. The number of nitrogens with zero attached hydrogens (tertiary/aromatic N) is 3. The lowest BCUT2D eigenvalue weighted by Crippen LogP contribution is -2.07. The Labute approximate surface area is 108 Å². The number of para-hydroxylation sites is 1. The Hall–Kier alpha value is -2.77. The van der Waals surface area contributed by atoms with Gasteiger partial charge in [0.1, 0.15) is 11.5 Å². The molecule has 0 fully saturated rings. The van der Waals surface area contributed by atoms with Crippen molar-refractivity contribution in [3.8, 4) is 0 Å². The summed E-state index contributed by atoms with van der Waals surface area (Å²) in [5.74, 6) is -1.11. The Morgan fingerprint density at radius 1 is 1.42 bits per heavy atom. The molecule has 7 nitrogen and oxygen atoms in total. The molecule has 19 heavy (non-hydrogen) atoms. The number of hydrogen-bond acceptors (Lipinski definition) is 7. The number of hydrogen-bond donors (Lipinski definition) is 2. The van der Waals surface area contributed by atoms with Crippen molar-refractivity contribution in [3.63, 3.8) is 0 Å². The zero-order valence-corrected chi connectivity index (χ0v) is 9.95. The van der Waals surface area contributed by atoms with E-state index in [1.807, 2.05) is 0 Å². The minimum atomic E-state index is -0.612. The maximum Gasteiger partial charge on any atom is 0.331 e. The van der Waals surface area contributed by atoms with Gasteiger partial charge < -0.3 is 10.0 Å². The van der Waals surface area contributed by atoms with Crippen LogP contribution in [0.5, 0.6) is 0 Å². The third-order valence-corrected chi connectivity index (χ3v) is 1.74. The van der Waals surface area contributed by atoms with Gasteiger partial charge in [0, 0.05) is 6.92 Å². The number of hydrazone groups is 1. The summed E-state index contributed by atoms with van der Waals surface area (Å²) < 4.78 is 13.3. The van der Waals surface area contributed by atoms with E-state index in [2.05, 4.69) is 25.7 Å². The van der Waals surface area contributed by atoms with E-state index in [9.17, 15) is 9.18 Å². The molecule has 0 aliphatic rings. The van der Waals surface area contributed by atoms with Crippen molar-refractivity contribution in [1.29, 1.82) is 0 Å². The number of benzene rings is 1. The van der Waals surface area contributed by atoms with Gasteiger partial charge in [-0.25, -0.2) is 9.18 Å². The molecule has 2 N–H and O–H groups in total. The van der Waals surface area contributed by atoms with Gasteiger partial charge in [-0.3, -0.25) is 5.43 Å². The van der Waals surface area contributed by atoms with Crippen LogP contribution in [0.15, 0.2) is 39.7 Å². The van der Waals surface area contributed by atoms with Gasteiger partial charge in [-0.1, -0.05) is 22.4 Å². The molecular formula is C11H11FN4O3. The summed E-state index contributed by atoms with van der Waals surface area (Å²) in [7, 11) is 0. The highest BCUT2D eigenvalue weighted by molar-refractivity contribution is 6.55. The Bertz CT molecular complexity index is 528. The molecule has 1 rings (SSSR count). The Morgan fingerprint density at radius 3 is 2.79 bits per heavy atom. The van der Waals surface area contributed by atoms with E-state index in [4.69, 9.17) is 5.21 Å². The third kappa shape index (κ3) is 5.39. The van der Waals surface area contributed by atoms with Crippen LogP contribution < -0.4 is 5.43 Å². The van der Waals surface area contributed by atoms with Crippen molar-refractivity contribution in [2.75, 3.05) is 5.43 Å². The first-order chi connectivity index (χ1) is 9.13. The van der Waals surface area contributed by atoms with Crippen molar-refractivity contribution in [3.05, 3.63) is 30.1 Å². The molecule has 0 aliphatic carbocycles. The van der Waals surface area contributed by atoms with Crippen molar-refractivity contribution in [1.82, 2.24) is 0 Å². The highest BCUT2D eigenvalue weighted by Crippen LogP contribution is 2.11. The molecule has 1 aromatic carbocycles. The van der Waals surface area contributed by atoms with Gasteiger partial charge in [-0.05, 0) is 12.1 Å². The summed E-state index contributed by atoms with van der Waals surface area (Å²) in [5.41, 5.74) is 2.57. The van der Waals surface area contributed by atoms with E-state index in [-0.39, 0.29) is 11.4 Å². The topological polar surface area (TPSA) is 95.6 Å². The van der Waals surface area contributed by atoms with Gasteiger partial charge in [0.2, 0.25) is 0 Å². The Morgan fingerprint density at radius 2 is 2.16 bits per heavy atom. The molecule has 0 saturated heterocycles. The predicted molar refractivity (Wildman–Crippen MR) is 68.0 cm³/mol. The fraction of sp³-hybridized carbons (Fsp3) is 0.0909. The summed E-state index contributed by atoms with van der Waals surface area (Å²) in [6.45, 7) is 1.17. The van der Waals surface area contributed by atoms with E-state index < -0.39 is 11.8 Å². The summed E-state index contributed by atoms with van der Waals surface area (Å²) >= 11 is 0. The molecular weight excluding hydrogens is 255 g/mol. The fourth-order valence-corrected chi connectivity index (χ4v) is 0.981. The van der Waals surface area contributed by atoms with Gasteiger partial charge in [0.25, 0.3) is 0 Å². The molecule has 0 unspecified atom stereocenters. The second-order valence-corrected chi connectivity index (χ2v) is 3.19. The lowest BCUT2D eigenvalue weighted by Gasteiger charge is -2.01. The number of halogens is 1. The van der Waals surface area contributed by atoms with E-state index in [0.717, 1.165) is 12.4 Å². The highest BCUT2D eigenvalue weighted by atomic mass is 19.1. The van der Waals surface area contributed by atoms with Crippen LogP contribution in [0.4, 0.5) is 10.1 Å². The van der Waals surface area contributed by atoms with E-state index >= 15 is 0 Å². The molecule has 0 atom stereocenters. The molecule has 0 radical (unpaired) electrons. The summed E-state index contributed by atoms with van der Waals surface area (Å²) in [5, 5.41) is 18.2. The second-order valence-electron chi connectivity index (χ2n) is 3.19. The van der Waals surface area contributed by atoms with E-state index in [1.54, 1.807) is 6.07 Å². The molecule has 0 aromatic heterocycles. The van der Waals surface area contributed by atoms with Crippen LogP contribution in [0.2, 0.25) is 0 Å². The van der Waals surface area contributed by atoms with Gasteiger partial charge in [-0.2, -0.15) is 5.10 Å². The first-order valence-corrected chi connectivity index (χ1v) is 5.10. The first-order valence-electron chi connectivity index (χ1n) is 5.10. The zero-order valence-electron chi connectivity index (χ0n) is 9.95. The maximum atomic E-state index is 13.3. The molecule has 0 saturated carbocycles. The van der Waals surface area contributed by atoms with Gasteiger partial charge in [0.05, 0.1) is 18.1 Å². The lowest BCUT2D eigenvalue weighted by atomic mass is 10.3. The second kappa shape index (κ2) is 7.54. The average molecular weight is 266 g/mol. The SMILES string of the molecule is CC(=O)O\N=C/C(/C=N\O)=N\Nc1ccccc1F. The van der Waals surface area contributed by atoms with Gasteiger partial charge in [0.15, 0.2) is 0 Å². The Kier molecular flexibility index (Phi) is 5.67. The quantitative estimate of drug-likeness (QED) is 0.366. The minimum absolute atomic E-state index is 0.0204. The molecule has 0 spiro atoms. The van der Waals surface area contributed by atoms with Gasteiger partial charge >= 0.3 is 5.97 Å². The molecule has 8 heteroatoms. The number of nitrogens with one attached hydrogen (secondary N) is 1. The molecule has 0 aliphatic heterocycles. The van der Waals surface area contributed by atoms with Crippen molar-refractivity contribution < 1.29 is 19.2 Å². The number of carbonyl (C=O) groups is 1. The predicted octanol–water partition coefficient (Wildman–Crippen LogP) is 1.60.